The number of hydrogen-bond acceptors (Lipinski definition) is 6. The van der Waals surface area contributed by atoms with E-state index in [4.69, 9.17) is 0 Å². The van der Waals surface area contributed by atoms with Crippen molar-refractivity contribution in [3.63, 3.8) is 0 Å². The van der Waals surface area contributed by atoms with Crippen LogP contribution in [-0.4, -0.2) is 39.9 Å². The summed E-state index contributed by atoms with van der Waals surface area (Å²) in [6.45, 7) is 0. The normalized spacial score (nSPS) is 12.4. The number of rotatable bonds is 9. The number of nitrogens with one attached hydrogen (secondary N) is 2. The van der Waals surface area contributed by atoms with E-state index in [0.29, 0.717) is 4.73 Å². The molecule has 0 aliphatic rings. The molecule has 0 aliphatic heterocycles. The Kier molecular flexibility index (Phi) is 7.90. The minimum atomic E-state index is -1.83. The zero-order chi connectivity index (χ0) is 22.9. The smallest absolute Gasteiger partial charge is 0.475 e. The van der Waals surface area contributed by atoms with Crippen LogP contribution in [0.3, 0.4) is 0 Å². The van der Waals surface area contributed by atoms with E-state index in [1.807, 2.05) is 12.1 Å². The van der Waals surface area contributed by atoms with E-state index in [0.717, 1.165) is 17.3 Å². The number of amides is 2. The molecule has 32 heavy (non-hydrogen) atoms. The van der Waals surface area contributed by atoms with E-state index in [9.17, 15) is 24.8 Å². The monoisotopic (exact) mass is 434 g/mol. The van der Waals surface area contributed by atoms with Crippen molar-refractivity contribution in [3.8, 4) is 0 Å². The van der Waals surface area contributed by atoms with Gasteiger partial charge >= 0.3 is 18.8 Å². The van der Waals surface area contributed by atoms with Gasteiger partial charge in [0.2, 0.25) is 5.91 Å². The Balaban J connectivity index is 1.79. The van der Waals surface area contributed by atoms with Crippen LogP contribution < -0.4 is 15.4 Å². The predicted octanol–water partition coefficient (Wildman–Crippen LogP) is 0.252. The molecule has 0 saturated carbocycles. The van der Waals surface area contributed by atoms with Gasteiger partial charge in [-0.2, -0.15) is 0 Å². The predicted molar refractivity (Wildman–Crippen MR) is 118 cm³/mol. The number of benzene rings is 2. The lowest BCUT2D eigenvalue weighted by atomic mass is 9.75. The highest BCUT2D eigenvalue weighted by Crippen LogP contribution is 2.13. The van der Waals surface area contributed by atoms with Crippen LogP contribution in [-0.2, 0) is 22.4 Å². The molecule has 2 aromatic carbocycles. The standard InChI is InChI=1S/C22H23BN4O5/c28-21(25-19(23(30)31)14-17-9-5-2-6-10-17)18(13-16-7-3-1-4-8-16)22(29)26-20-15-24-11-12-27(20)32/h1-12,15,18-19,30-31H,13-14H2,(H,25,28)(H,26,29)/t18?,19-/m0/s1. The lowest BCUT2D eigenvalue weighted by Gasteiger charge is -2.21. The van der Waals surface area contributed by atoms with E-state index in [2.05, 4.69) is 15.6 Å². The maximum absolute atomic E-state index is 13.1. The van der Waals surface area contributed by atoms with Gasteiger partial charge in [-0.25, -0.2) is 14.8 Å². The van der Waals surface area contributed by atoms with Crippen LogP contribution in [0.25, 0.3) is 0 Å². The quantitative estimate of drug-likeness (QED) is 0.165. The van der Waals surface area contributed by atoms with Crippen LogP contribution in [0.15, 0.2) is 79.3 Å². The molecular weight excluding hydrogens is 411 g/mol. The Labute approximate surface area is 185 Å². The maximum Gasteiger partial charge on any atom is 0.475 e. The van der Waals surface area contributed by atoms with E-state index in [1.54, 1.807) is 48.5 Å². The van der Waals surface area contributed by atoms with Crippen molar-refractivity contribution >= 4 is 24.8 Å². The molecule has 3 rings (SSSR count). The highest BCUT2D eigenvalue weighted by molar-refractivity contribution is 6.43. The van der Waals surface area contributed by atoms with Gasteiger partial charge in [-0.1, -0.05) is 60.7 Å². The first-order valence-corrected chi connectivity index (χ1v) is 10.0. The highest BCUT2D eigenvalue weighted by Gasteiger charge is 2.35. The summed E-state index contributed by atoms with van der Waals surface area (Å²) < 4.78 is 0.429. The molecule has 0 bridgehead atoms. The molecule has 1 heterocycles. The van der Waals surface area contributed by atoms with Gasteiger partial charge in [-0.15, -0.1) is 0 Å². The molecule has 4 N–H and O–H groups in total. The van der Waals surface area contributed by atoms with Crippen molar-refractivity contribution in [1.82, 2.24) is 10.3 Å². The van der Waals surface area contributed by atoms with Crippen molar-refractivity contribution in [2.45, 2.75) is 18.8 Å². The third-order valence-electron chi connectivity index (χ3n) is 4.88. The summed E-state index contributed by atoms with van der Waals surface area (Å²) in [6.07, 6.45) is 3.79. The van der Waals surface area contributed by atoms with Crippen LogP contribution in [0.5, 0.6) is 0 Å². The first-order valence-electron chi connectivity index (χ1n) is 10.0. The number of anilines is 1. The van der Waals surface area contributed by atoms with Gasteiger partial charge < -0.3 is 20.6 Å². The van der Waals surface area contributed by atoms with Gasteiger partial charge in [0.1, 0.15) is 18.3 Å². The van der Waals surface area contributed by atoms with Crippen molar-refractivity contribution < 1.29 is 24.4 Å². The highest BCUT2D eigenvalue weighted by atomic mass is 16.5. The van der Waals surface area contributed by atoms with Gasteiger partial charge in [-0.3, -0.25) is 9.78 Å². The SMILES string of the molecule is O=C(Nc1cncc[n+]1[O-])C(Cc1ccccc1)C(=O)N[C@@H](Cc1ccccc1)B(O)O. The summed E-state index contributed by atoms with van der Waals surface area (Å²) in [7, 11) is -1.83. The first kappa shape index (κ1) is 22.9. The largest absolute Gasteiger partial charge is 0.711 e. The Morgan fingerprint density at radius 2 is 1.56 bits per heavy atom. The zero-order valence-electron chi connectivity index (χ0n) is 17.2. The average Bonchev–Trinajstić information content (AvgIpc) is 2.79. The number of aromatic nitrogens is 2. The molecule has 0 spiro atoms. The van der Waals surface area contributed by atoms with Crippen LogP contribution >= 0.6 is 0 Å². The number of hydrogen-bond donors (Lipinski definition) is 4. The molecule has 3 aromatic rings. The molecule has 10 heteroatoms. The lowest BCUT2D eigenvalue weighted by Crippen LogP contribution is -2.52. The molecule has 0 radical (unpaired) electrons. The fourth-order valence-electron chi connectivity index (χ4n) is 3.19. The molecule has 1 unspecified atom stereocenters. The van der Waals surface area contributed by atoms with Gasteiger partial charge in [0.25, 0.3) is 0 Å². The Morgan fingerprint density at radius 1 is 0.969 bits per heavy atom. The molecule has 0 fully saturated rings. The van der Waals surface area contributed by atoms with Gasteiger partial charge in [0.05, 0.1) is 12.1 Å². The fourth-order valence-corrected chi connectivity index (χ4v) is 3.19. The van der Waals surface area contributed by atoms with E-state index in [-0.39, 0.29) is 18.7 Å². The third kappa shape index (κ3) is 6.37. The zero-order valence-corrected chi connectivity index (χ0v) is 17.2. The minimum Gasteiger partial charge on any atom is -0.711 e. The minimum absolute atomic E-state index is 0.0528. The first-order chi connectivity index (χ1) is 15.4. The van der Waals surface area contributed by atoms with Crippen LogP contribution in [0.1, 0.15) is 11.1 Å². The Bertz CT molecular complexity index is 1040. The van der Waals surface area contributed by atoms with E-state index in [1.165, 1.54) is 12.4 Å². The third-order valence-corrected chi connectivity index (χ3v) is 4.88. The average molecular weight is 434 g/mol. The molecule has 2 atom stereocenters. The summed E-state index contributed by atoms with van der Waals surface area (Å²) in [5.74, 6) is -3.78. The van der Waals surface area contributed by atoms with Crippen molar-refractivity contribution in [2.24, 2.45) is 5.92 Å². The van der Waals surface area contributed by atoms with Crippen molar-refractivity contribution in [1.29, 1.82) is 0 Å². The summed E-state index contributed by atoms with van der Waals surface area (Å²) in [6, 6.07) is 17.9. The molecule has 2 amide bonds. The molecule has 0 aliphatic carbocycles. The number of carbonyl (C=O) groups excluding carboxylic acids is 2. The maximum atomic E-state index is 13.1. The topological polar surface area (TPSA) is 138 Å². The molecular formula is C22H23BN4O5. The molecule has 1 aromatic heterocycles. The van der Waals surface area contributed by atoms with Crippen molar-refractivity contribution in [2.75, 3.05) is 5.32 Å². The summed E-state index contributed by atoms with van der Waals surface area (Å²) >= 11 is 0. The van der Waals surface area contributed by atoms with Crippen LogP contribution in [0, 0.1) is 11.1 Å². The lowest BCUT2D eigenvalue weighted by molar-refractivity contribution is -0.590. The fraction of sp³-hybridized carbons (Fsp3) is 0.182. The summed E-state index contributed by atoms with van der Waals surface area (Å²) in [4.78, 5) is 29.8. The molecule has 164 valence electrons. The second kappa shape index (κ2) is 11.0. The molecule has 9 nitrogen and oxygen atoms in total. The second-order valence-corrected chi connectivity index (χ2v) is 7.24. The Hall–Kier alpha value is -3.76. The Morgan fingerprint density at radius 3 is 2.12 bits per heavy atom. The number of nitrogens with zero attached hydrogens (tertiary/aromatic N) is 2. The van der Waals surface area contributed by atoms with Crippen LogP contribution in [0.4, 0.5) is 5.82 Å². The van der Waals surface area contributed by atoms with E-state index < -0.39 is 30.8 Å². The second-order valence-electron chi connectivity index (χ2n) is 7.24. The van der Waals surface area contributed by atoms with Gasteiger partial charge in [0, 0.05) is 0 Å². The van der Waals surface area contributed by atoms with Crippen LogP contribution in [0.2, 0.25) is 0 Å². The van der Waals surface area contributed by atoms with E-state index >= 15 is 0 Å². The van der Waals surface area contributed by atoms with Crippen molar-refractivity contribution in [3.05, 3.63) is 95.6 Å². The number of carbonyl (C=O) groups is 2. The summed E-state index contributed by atoms with van der Waals surface area (Å²) in [5, 5.41) is 36.4. The van der Waals surface area contributed by atoms with Gasteiger partial charge in [-0.05, 0) is 24.0 Å². The molecule has 0 saturated heterocycles. The summed E-state index contributed by atoms with van der Waals surface area (Å²) in [5.41, 5.74) is 1.52. The van der Waals surface area contributed by atoms with Gasteiger partial charge in [0.15, 0.2) is 0 Å².